The number of anilines is 1. The molecule has 0 amide bonds. The Bertz CT molecular complexity index is 1060. The van der Waals surface area contributed by atoms with E-state index in [1.54, 1.807) is 6.07 Å². The number of nitrogens with zero attached hydrogens (tertiary/aromatic N) is 5. The summed E-state index contributed by atoms with van der Waals surface area (Å²) in [7, 11) is 0. The maximum Gasteiger partial charge on any atom is 0.416 e. The first-order chi connectivity index (χ1) is 15.8. The number of rotatable bonds is 8. The Hall–Kier alpha value is -2.63. The first-order valence-electron chi connectivity index (χ1n) is 10.6. The van der Waals surface area contributed by atoms with Gasteiger partial charge < -0.3 is 9.88 Å². The number of benzene rings is 1. The van der Waals surface area contributed by atoms with E-state index >= 15 is 0 Å². The number of aromatic nitrogens is 5. The molecule has 0 aliphatic heterocycles. The highest BCUT2D eigenvalue weighted by Gasteiger charge is 2.30. The lowest BCUT2D eigenvalue weighted by molar-refractivity contribution is -0.137. The Labute approximate surface area is 191 Å². The summed E-state index contributed by atoms with van der Waals surface area (Å²) >= 11 is 1.27. The van der Waals surface area contributed by atoms with Crippen LogP contribution < -0.4 is 5.32 Å². The number of nitrogens with one attached hydrogen (secondary N) is 1. The normalized spacial score (nSPS) is 15.3. The van der Waals surface area contributed by atoms with Gasteiger partial charge in [-0.2, -0.15) is 22.0 Å². The zero-order chi connectivity index (χ0) is 23.4. The molecule has 0 saturated heterocycles. The van der Waals surface area contributed by atoms with Gasteiger partial charge in [0.15, 0.2) is 11.0 Å². The van der Waals surface area contributed by atoms with Crippen LogP contribution in [0.25, 0.3) is 0 Å². The first kappa shape index (κ1) is 23.5. The van der Waals surface area contributed by atoms with Crippen molar-refractivity contribution in [3.8, 4) is 0 Å². The van der Waals surface area contributed by atoms with Crippen LogP contribution in [0.1, 0.15) is 61.9 Å². The third-order valence-electron chi connectivity index (χ3n) is 5.61. The van der Waals surface area contributed by atoms with Gasteiger partial charge in [0, 0.05) is 24.1 Å². The van der Waals surface area contributed by atoms with Gasteiger partial charge in [-0.3, -0.25) is 4.57 Å². The van der Waals surface area contributed by atoms with E-state index in [1.165, 1.54) is 30.2 Å². The van der Waals surface area contributed by atoms with Crippen LogP contribution in [0.4, 0.5) is 27.6 Å². The molecule has 1 aliphatic rings. The lowest BCUT2D eigenvalue weighted by Gasteiger charge is -2.25. The fraction of sp³-hybridized carbons (Fsp3) is 0.476. The summed E-state index contributed by atoms with van der Waals surface area (Å²) in [6.07, 6.45) is 3.28. The molecule has 33 heavy (non-hydrogen) atoms. The number of thioether (sulfide) groups is 1. The van der Waals surface area contributed by atoms with Crippen molar-refractivity contribution in [2.45, 2.75) is 68.3 Å². The SMILES string of the molecule is FC(F)n1ccnc1CSc1nnc(CNc2cccc(C(F)(F)F)c2)n1C1CCCCC1. The molecule has 1 aliphatic carbocycles. The van der Waals surface area contributed by atoms with E-state index in [2.05, 4.69) is 20.5 Å². The predicted molar refractivity (Wildman–Crippen MR) is 114 cm³/mol. The number of alkyl halides is 5. The van der Waals surface area contributed by atoms with Gasteiger partial charge in [0.25, 0.3) is 0 Å². The minimum absolute atomic E-state index is 0.157. The lowest BCUT2D eigenvalue weighted by atomic mass is 9.95. The number of hydrogen-bond donors (Lipinski definition) is 1. The van der Waals surface area contributed by atoms with Crippen LogP contribution in [0.2, 0.25) is 0 Å². The number of halogens is 5. The van der Waals surface area contributed by atoms with Gasteiger partial charge >= 0.3 is 12.7 Å². The monoisotopic (exact) mass is 486 g/mol. The van der Waals surface area contributed by atoms with Crippen LogP contribution in [0, 0.1) is 0 Å². The molecule has 4 rings (SSSR count). The van der Waals surface area contributed by atoms with Crippen molar-refractivity contribution in [1.29, 1.82) is 0 Å². The van der Waals surface area contributed by atoms with Crippen molar-refractivity contribution >= 4 is 17.4 Å². The van der Waals surface area contributed by atoms with Gasteiger partial charge in [0.2, 0.25) is 0 Å². The second-order valence-corrected chi connectivity index (χ2v) is 8.75. The first-order valence-corrected chi connectivity index (χ1v) is 11.6. The highest BCUT2D eigenvalue weighted by Crippen LogP contribution is 2.34. The third-order valence-corrected chi connectivity index (χ3v) is 6.54. The highest BCUT2D eigenvalue weighted by molar-refractivity contribution is 7.98. The minimum atomic E-state index is -4.42. The smallest absolute Gasteiger partial charge is 0.378 e. The summed E-state index contributed by atoms with van der Waals surface area (Å²) < 4.78 is 68.1. The van der Waals surface area contributed by atoms with Crippen molar-refractivity contribution in [2.75, 3.05) is 5.32 Å². The molecule has 0 unspecified atom stereocenters. The Balaban J connectivity index is 1.53. The Morgan fingerprint density at radius 3 is 2.61 bits per heavy atom. The predicted octanol–water partition coefficient (Wildman–Crippen LogP) is 6.30. The van der Waals surface area contributed by atoms with Crippen LogP contribution in [-0.4, -0.2) is 24.3 Å². The maximum absolute atomic E-state index is 13.1. The summed E-state index contributed by atoms with van der Waals surface area (Å²) in [5.41, 5.74) is -0.400. The summed E-state index contributed by atoms with van der Waals surface area (Å²) in [4.78, 5) is 4.01. The largest absolute Gasteiger partial charge is 0.416 e. The number of hydrogen-bond acceptors (Lipinski definition) is 5. The van der Waals surface area contributed by atoms with Gasteiger partial charge in [-0.1, -0.05) is 37.1 Å². The van der Waals surface area contributed by atoms with E-state index in [-0.39, 0.29) is 24.2 Å². The Morgan fingerprint density at radius 1 is 1.09 bits per heavy atom. The summed E-state index contributed by atoms with van der Waals surface area (Å²) in [6, 6.07) is 5.15. The highest BCUT2D eigenvalue weighted by atomic mass is 32.2. The molecule has 0 radical (unpaired) electrons. The third kappa shape index (κ3) is 5.66. The molecule has 0 spiro atoms. The molecule has 2 aromatic heterocycles. The molecule has 6 nitrogen and oxygen atoms in total. The van der Waals surface area contributed by atoms with E-state index in [0.29, 0.717) is 16.7 Å². The van der Waals surface area contributed by atoms with Gasteiger partial charge in [-0.15, -0.1) is 10.2 Å². The Kier molecular flexibility index (Phi) is 7.20. The average molecular weight is 487 g/mol. The molecule has 1 aromatic carbocycles. The van der Waals surface area contributed by atoms with Crippen molar-refractivity contribution in [3.05, 3.63) is 53.9 Å². The quantitative estimate of drug-likeness (QED) is 0.299. The second kappa shape index (κ2) is 10.1. The molecule has 3 aromatic rings. The molecule has 2 heterocycles. The molecule has 1 N–H and O–H groups in total. The van der Waals surface area contributed by atoms with Crippen molar-refractivity contribution in [3.63, 3.8) is 0 Å². The molecular weight excluding hydrogens is 463 g/mol. The maximum atomic E-state index is 13.1. The molecule has 1 saturated carbocycles. The van der Waals surface area contributed by atoms with Gasteiger partial charge in [-0.05, 0) is 31.0 Å². The molecule has 0 bridgehead atoms. The van der Waals surface area contributed by atoms with E-state index < -0.39 is 18.3 Å². The summed E-state index contributed by atoms with van der Waals surface area (Å²) in [5, 5.41) is 12.1. The van der Waals surface area contributed by atoms with E-state index in [9.17, 15) is 22.0 Å². The second-order valence-electron chi connectivity index (χ2n) is 7.81. The van der Waals surface area contributed by atoms with Crippen molar-refractivity contribution in [1.82, 2.24) is 24.3 Å². The number of imidazole rings is 1. The topological polar surface area (TPSA) is 60.6 Å². The zero-order valence-electron chi connectivity index (χ0n) is 17.6. The van der Waals surface area contributed by atoms with Gasteiger partial charge in [-0.25, -0.2) is 4.98 Å². The lowest BCUT2D eigenvalue weighted by Crippen LogP contribution is -2.18. The molecular formula is C21H23F5N6S. The Morgan fingerprint density at radius 2 is 1.88 bits per heavy atom. The van der Waals surface area contributed by atoms with Crippen molar-refractivity contribution in [2.24, 2.45) is 0 Å². The zero-order valence-corrected chi connectivity index (χ0v) is 18.4. The van der Waals surface area contributed by atoms with E-state index in [0.717, 1.165) is 48.8 Å². The summed E-state index contributed by atoms with van der Waals surface area (Å²) in [6.45, 7) is -2.48. The van der Waals surface area contributed by atoms with Crippen LogP contribution in [0.15, 0.2) is 41.8 Å². The van der Waals surface area contributed by atoms with Crippen LogP contribution in [-0.2, 0) is 18.5 Å². The van der Waals surface area contributed by atoms with Crippen LogP contribution in [0.5, 0.6) is 0 Å². The molecule has 178 valence electrons. The van der Waals surface area contributed by atoms with Gasteiger partial charge in [0.1, 0.15) is 5.82 Å². The molecule has 1 fully saturated rings. The molecule has 12 heteroatoms. The standard InChI is InChI=1S/C21H23F5N6S/c22-19(23)31-10-9-27-18(31)13-33-20-30-29-17(32(20)16-7-2-1-3-8-16)12-28-15-6-4-5-14(11-15)21(24,25)26/h4-6,9-11,16,19,28H,1-3,7-8,12-13H2. The molecule has 0 atom stereocenters. The minimum Gasteiger partial charge on any atom is -0.378 e. The van der Waals surface area contributed by atoms with E-state index in [1.807, 2.05) is 4.57 Å². The fourth-order valence-electron chi connectivity index (χ4n) is 3.98. The van der Waals surface area contributed by atoms with E-state index in [4.69, 9.17) is 0 Å². The van der Waals surface area contributed by atoms with Crippen LogP contribution >= 0.6 is 11.8 Å². The van der Waals surface area contributed by atoms with Crippen molar-refractivity contribution < 1.29 is 22.0 Å². The average Bonchev–Trinajstić information content (AvgIpc) is 3.43. The summed E-state index contributed by atoms with van der Waals surface area (Å²) in [5.74, 6) is 1.03. The van der Waals surface area contributed by atoms with Gasteiger partial charge in [0.05, 0.1) is 17.9 Å². The van der Waals surface area contributed by atoms with Crippen LogP contribution in [0.3, 0.4) is 0 Å². The fourth-order valence-corrected chi connectivity index (χ4v) is 4.96.